The summed E-state index contributed by atoms with van der Waals surface area (Å²) < 4.78 is 19.6. The van der Waals surface area contributed by atoms with Crippen LogP contribution in [0.5, 0.6) is 5.75 Å². The number of ether oxygens (including phenoxy) is 1. The Morgan fingerprint density at radius 2 is 1.97 bits per heavy atom. The molecule has 164 valence electrons. The lowest BCUT2D eigenvalue weighted by Crippen LogP contribution is -2.51. The Balaban J connectivity index is 1.83. The van der Waals surface area contributed by atoms with Crippen LogP contribution in [0, 0.1) is 21.3 Å². The fourth-order valence-electron chi connectivity index (χ4n) is 3.85. The highest BCUT2D eigenvalue weighted by Crippen LogP contribution is 2.39. The second kappa shape index (κ2) is 8.71. The van der Waals surface area contributed by atoms with Crippen LogP contribution >= 0.6 is 0 Å². The lowest BCUT2D eigenvalue weighted by Gasteiger charge is -2.41. The van der Waals surface area contributed by atoms with Crippen molar-refractivity contribution >= 4 is 17.7 Å². The number of piperidine rings is 1. The van der Waals surface area contributed by atoms with Gasteiger partial charge in [-0.05, 0) is 49.1 Å². The number of hydrogen-bond acceptors (Lipinski definition) is 5. The third kappa shape index (κ3) is 4.82. The largest absolute Gasteiger partial charge is 0.481 e. The molecule has 1 saturated heterocycles. The number of carboxylic acid groups (broad SMARTS) is 1. The van der Waals surface area contributed by atoms with Gasteiger partial charge in [-0.2, -0.15) is 0 Å². The van der Waals surface area contributed by atoms with Gasteiger partial charge in [0.05, 0.1) is 10.3 Å². The second-order valence-corrected chi connectivity index (χ2v) is 7.97. The van der Waals surface area contributed by atoms with E-state index in [1.165, 1.54) is 35.2 Å². The summed E-state index contributed by atoms with van der Waals surface area (Å²) in [5.41, 5.74) is -0.198. The second-order valence-electron chi connectivity index (χ2n) is 7.97. The van der Waals surface area contributed by atoms with Gasteiger partial charge in [-0.25, -0.2) is 9.18 Å². The number of hydrogen-bond donors (Lipinski definition) is 1. The molecule has 2 atom stereocenters. The summed E-state index contributed by atoms with van der Waals surface area (Å²) in [5.74, 6) is -1.70. The smallest absolute Gasteiger partial charge is 0.415 e. The fraction of sp³-hybridized carbons (Fsp3) is 0.364. The summed E-state index contributed by atoms with van der Waals surface area (Å²) in [7, 11) is 0. The highest BCUT2D eigenvalue weighted by molar-refractivity contribution is 5.77. The Labute approximate surface area is 178 Å². The van der Waals surface area contributed by atoms with E-state index >= 15 is 0 Å². The minimum atomic E-state index is -1.24. The van der Waals surface area contributed by atoms with Gasteiger partial charge in [0.25, 0.3) is 5.69 Å². The van der Waals surface area contributed by atoms with Crippen LogP contribution in [0.3, 0.4) is 0 Å². The van der Waals surface area contributed by atoms with Crippen molar-refractivity contribution in [2.75, 3.05) is 13.1 Å². The maximum Gasteiger partial charge on any atom is 0.415 e. The van der Waals surface area contributed by atoms with Crippen molar-refractivity contribution in [3.63, 3.8) is 0 Å². The van der Waals surface area contributed by atoms with Crippen molar-refractivity contribution in [3.05, 3.63) is 69.5 Å². The third-order valence-electron chi connectivity index (χ3n) is 5.63. The zero-order valence-corrected chi connectivity index (χ0v) is 17.2. The molecule has 2 unspecified atom stereocenters. The van der Waals surface area contributed by atoms with Crippen LogP contribution in [0.25, 0.3) is 0 Å². The van der Waals surface area contributed by atoms with Gasteiger partial charge < -0.3 is 14.7 Å². The van der Waals surface area contributed by atoms with Crippen molar-refractivity contribution in [2.24, 2.45) is 5.41 Å². The van der Waals surface area contributed by atoms with E-state index in [4.69, 9.17) is 4.74 Å². The molecule has 2 aromatic carbocycles. The van der Waals surface area contributed by atoms with Crippen molar-refractivity contribution in [2.45, 2.75) is 32.6 Å². The molecule has 1 fully saturated rings. The molecular formula is C22H23FN2O6. The summed E-state index contributed by atoms with van der Waals surface area (Å²) in [6, 6.07) is 9.86. The monoisotopic (exact) mass is 430 g/mol. The molecule has 0 radical (unpaired) electrons. The van der Waals surface area contributed by atoms with Gasteiger partial charge in [0.1, 0.15) is 11.6 Å². The van der Waals surface area contributed by atoms with E-state index in [2.05, 4.69) is 0 Å². The van der Waals surface area contributed by atoms with E-state index in [9.17, 15) is 29.2 Å². The number of rotatable bonds is 5. The quantitative estimate of drug-likeness (QED) is 0.557. The first-order valence-corrected chi connectivity index (χ1v) is 9.86. The predicted molar refractivity (Wildman–Crippen MR) is 110 cm³/mol. The normalized spacial score (nSPS) is 20.9. The summed E-state index contributed by atoms with van der Waals surface area (Å²) in [6.45, 7) is 3.49. The molecule has 2 aromatic rings. The third-order valence-corrected chi connectivity index (χ3v) is 5.63. The maximum absolute atomic E-state index is 14.3. The van der Waals surface area contributed by atoms with E-state index in [0.29, 0.717) is 17.5 Å². The average Bonchev–Trinajstić information content (AvgIpc) is 2.73. The van der Waals surface area contributed by atoms with Crippen molar-refractivity contribution in [1.82, 2.24) is 4.90 Å². The molecule has 8 nitrogen and oxygen atoms in total. The summed E-state index contributed by atoms with van der Waals surface area (Å²) >= 11 is 0. The number of likely N-dealkylation sites (tertiary alicyclic amines) is 1. The molecule has 0 aromatic heterocycles. The van der Waals surface area contributed by atoms with Crippen molar-refractivity contribution in [3.8, 4) is 5.75 Å². The minimum absolute atomic E-state index is 0.0693. The number of aryl methyl sites for hydroxylation is 1. The van der Waals surface area contributed by atoms with Gasteiger partial charge in [-0.1, -0.05) is 19.1 Å². The fourth-order valence-corrected chi connectivity index (χ4v) is 3.85. The number of aliphatic carboxylic acids is 1. The molecule has 3 rings (SSSR count). The molecule has 0 bridgehead atoms. The Bertz CT molecular complexity index is 1010. The average molecular weight is 430 g/mol. The molecule has 31 heavy (non-hydrogen) atoms. The number of non-ortho nitro benzene ring substituents is 1. The molecular weight excluding hydrogens is 407 g/mol. The van der Waals surface area contributed by atoms with Gasteiger partial charge >= 0.3 is 12.1 Å². The van der Waals surface area contributed by atoms with Gasteiger partial charge in [0.15, 0.2) is 0 Å². The Hall–Kier alpha value is -3.49. The Kier molecular flexibility index (Phi) is 6.24. The van der Waals surface area contributed by atoms with Crippen LogP contribution in [-0.4, -0.2) is 40.1 Å². The number of carboxylic acids is 1. The summed E-state index contributed by atoms with van der Waals surface area (Å²) in [6.07, 6.45) is 0.0166. The SMILES string of the molecule is CCc1ccc(C2CN(C(=O)Oc3ccc([N+](=O)[O-])cc3)CC(C)(C(=O)O)C2)cc1F. The van der Waals surface area contributed by atoms with E-state index in [-0.39, 0.29) is 42.7 Å². The molecule has 9 heteroatoms. The topological polar surface area (TPSA) is 110 Å². The highest BCUT2D eigenvalue weighted by Gasteiger charge is 2.44. The zero-order chi connectivity index (χ0) is 22.8. The van der Waals surface area contributed by atoms with Crippen LogP contribution < -0.4 is 4.74 Å². The van der Waals surface area contributed by atoms with Crippen LogP contribution in [0.4, 0.5) is 14.9 Å². The van der Waals surface area contributed by atoms with E-state index in [1.807, 2.05) is 6.92 Å². The van der Waals surface area contributed by atoms with Crippen LogP contribution in [0.1, 0.15) is 37.3 Å². The van der Waals surface area contributed by atoms with Gasteiger partial charge in [0, 0.05) is 31.1 Å². The number of carbonyl (C=O) groups is 2. The first kappa shape index (κ1) is 22.2. The molecule has 0 spiro atoms. The molecule has 1 aliphatic heterocycles. The Morgan fingerprint density at radius 3 is 2.52 bits per heavy atom. The van der Waals surface area contributed by atoms with Crippen molar-refractivity contribution in [1.29, 1.82) is 0 Å². The number of amides is 1. The molecule has 1 heterocycles. The van der Waals surface area contributed by atoms with Crippen LogP contribution in [0.15, 0.2) is 42.5 Å². The summed E-state index contributed by atoms with van der Waals surface area (Å²) in [5, 5.41) is 20.5. The zero-order valence-electron chi connectivity index (χ0n) is 17.2. The number of nitro groups is 1. The number of benzene rings is 2. The first-order chi connectivity index (χ1) is 14.6. The molecule has 1 N–H and O–H groups in total. The van der Waals surface area contributed by atoms with Crippen LogP contribution in [0.2, 0.25) is 0 Å². The Morgan fingerprint density at radius 1 is 1.29 bits per heavy atom. The first-order valence-electron chi connectivity index (χ1n) is 9.86. The van der Waals surface area contributed by atoms with E-state index < -0.39 is 22.4 Å². The molecule has 0 aliphatic carbocycles. The standard InChI is InChI=1S/C22H23FN2O6/c1-3-14-4-5-15(10-19(14)23)16-11-22(2,20(26)27)13-24(12-16)21(28)31-18-8-6-17(7-9-18)25(29)30/h4-10,16H,3,11-13H2,1-2H3,(H,26,27). The van der Waals surface area contributed by atoms with Gasteiger partial charge in [-0.15, -0.1) is 0 Å². The van der Waals surface area contributed by atoms with Gasteiger partial charge in [-0.3, -0.25) is 14.9 Å². The van der Waals surface area contributed by atoms with Gasteiger partial charge in [0.2, 0.25) is 0 Å². The highest BCUT2D eigenvalue weighted by atomic mass is 19.1. The lowest BCUT2D eigenvalue weighted by atomic mass is 9.74. The number of carbonyl (C=O) groups excluding carboxylic acids is 1. The minimum Gasteiger partial charge on any atom is -0.481 e. The van der Waals surface area contributed by atoms with Crippen molar-refractivity contribution < 1.29 is 28.7 Å². The molecule has 0 saturated carbocycles. The van der Waals surface area contributed by atoms with E-state index in [1.54, 1.807) is 19.1 Å². The predicted octanol–water partition coefficient (Wildman–Crippen LogP) is 4.38. The number of nitro benzene ring substituents is 1. The number of nitrogens with zero attached hydrogens (tertiary/aromatic N) is 2. The molecule has 1 aliphatic rings. The van der Waals surface area contributed by atoms with E-state index in [0.717, 1.165) is 0 Å². The number of halogens is 1. The lowest BCUT2D eigenvalue weighted by molar-refractivity contribution is -0.384. The molecule has 1 amide bonds. The van der Waals surface area contributed by atoms with Crippen LogP contribution in [-0.2, 0) is 11.2 Å². The summed E-state index contributed by atoms with van der Waals surface area (Å²) in [4.78, 5) is 36.2. The maximum atomic E-state index is 14.3.